The number of carbonyl (C=O) groups excluding carboxylic acids is 2. The Hall–Kier alpha value is -3.37. The monoisotopic (exact) mass is 407 g/mol. The topological polar surface area (TPSA) is 93.4 Å². The van der Waals surface area contributed by atoms with E-state index in [-0.39, 0.29) is 17.6 Å². The minimum Gasteiger partial charge on any atom is -0.422 e. The zero-order chi connectivity index (χ0) is 21.7. The number of rotatable bonds is 6. The van der Waals surface area contributed by atoms with Crippen LogP contribution in [0.5, 0.6) is 5.75 Å². The van der Waals surface area contributed by atoms with Crippen molar-refractivity contribution in [3.8, 4) is 11.8 Å². The van der Waals surface area contributed by atoms with Crippen LogP contribution in [0.25, 0.3) is 6.08 Å². The van der Waals surface area contributed by atoms with Crippen molar-refractivity contribution in [1.82, 2.24) is 4.57 Å². The van der Waals surface area contributed by atoms with Crippen LogP contribution in [-0.4, -0.2) is 29.2 Å². The summed E-state index contributed by atoms with van der Waals surface area (Å²) in [5.41, 5.74) is 3.34. The lowest BCUT2D eigenvalue weighted by atomic mass is 10.1. The molecule has 156 valence electrons. The summed E-state index contributed by atoms with van der Waals surface area (Å²) in [6, 6.07) is 10.3. The van der Waals surface area contributed by atoms with Crippen molar-refractivity contribution in [3.63, 3.8) is 0 Å². The van der Waals surface area contributed by atoms with E-state index < -0.39 is 5.97 Å². The van der Waals surface area contributed by atoms with Crippen LogP contribution < -0.4 is 10.1 Å². The number of amides is 1. The molecule has 1 atom stereocenters. The van der Waals surface area contributed by atoms with E-state index in [4.69, 9.17) is 9.47 Å². The highest BCUT2D eigenvalue weighted by Crippen LogP contribution is 2.23. The molecule has 1 fully saturated rings. The van der Waals surface area contributed by atoms with Crippen LogP contribution in [0.3, 0.4) is 0 Å². The highest BCUT2D eigenvalue weighted by molar-refractivity contribution is 5.99. The van der Waals surface area contributed by atoms with Crippen LogP contribution in [0.1, 0.15) is 36.7 Å². The molecule has 7 nitrogen and oxygen atoms in total. The summed E-state index contributed by atoms with van der Waals surface area (Å²) in [5.74, 6) is -0.626. The number of hydrogen-bond acceptors (Lipinski definition) is 5. The molecule has 1 aliphatic rings. The maximum atomic E-state index is 12.5. The van der Waals surface area contributed by atoms with E-state index in [9.17, 15) is 14.9 Å². The molecule has 30 heavy (non-hydrogen) atoms. The van der Waals surface area contributed by atoms with Gasteiger partial charge in [0.2, 0.25) is 5.91 Å². The number of hydrogen-bond donors (Lipinski definition) is 1. The fourth-order valence-electron chi connectivity index (χ4n) is 3.51. The standard InChI is InChI=1S/C23H25N3O4/c1-15-11-18(16(2)26(15)14-22-5-4-10-29-22)12-19(13-24)23(28)30-21-8-6-20(7-9-21)25-17(3)27/h6-9,11-12,22H,4-5,10,14H2,1-3H3,(H,25,27)/b19-12+. The molecular weight excluding hydrogens is 382 g/mol. The maximum absolute atomic E-state index is 12.5. The van der Waals surface area contributed by atoms with Gasteiger partial charge in [0.05, 0.1) is 6.10 Å². The number of ether oxygens (including phenoxy) is 2. The molecule has 1 unspecified atom stereocenters. The first-order valence-corrected chi connectivity index (χ1v) is 9.87. The van der Waals surface area contributed by atoms with Crippen LogP contribution in [0.15, 0.2) is 35.9 Å². The highest BCUT2D eigenvalue weighted by Gasteiger charge is 2.19. The molecule has 1 saturated heterocycles. The van der Waals surface area contributed by atoms with E-state index >= 15 is 0 Å². The Labute approximate surface area is 175 Å². The van der Waals surface area contributed by atoms with Crippen molar-refractivity contribution in [1.29, 1.82) is 5.26 Å². The van der Waals surface area contributed by atoms with Crippen molar-refractivity contribution in [2.24, 2.45) is 0 Å². The van der Waals surface area contributed by atoms with Gasteiger partial charge in [0.25, 0.3) is 0 Å². The Kier molecular flexibility index (Phi) is 6.70. The summed E-state index contributed by atoms with van der Waals surface area (Å²) >= 11 is 0. The Morgan fingerprint density at radius 2 is 2.07 bits per heavy atom. The number of nitrogens with zero attached hydrogens (tertiary/aromatic N) is 2. The molecule has 0 radical (unpaired) electrons. The number of aryl methyl sites for hydroxylation is 1. The van der Waals surface area contributed by atoms with E-state index in [2.05, 4.69) is 9.88 Å². The second-order valence-corrected chi connectivity index (χ2v) is 7.34. The Morgan fingerprint density at radius 3 is 2.67 bits per heavy atom. The number of aromatic nitrogens is 1. The Morgan fingerprint density at radius 1 is 1.33 bits per heavy atom. The van der Waals surface area contributed by atoms with Crippen molar-refractivity contribution < 1.29 is 19.1 Å². The van der Waals surface area contributed by atoms with Gasteiger partial charge in [-0.05, 0) is 68.7 Å². The fourth-order valence-corrected chi connectivity index (χ4v) is 3.51. The van der Waals surface area contributed by atoms with E-state index in [0.29, 0.717) is 11.4 Å². The molecule has 0 bridgehead atoms. The first-order valence-electron chi connectivity index (χ1n) is 9.87. The maximum Gasteiger partial charge on any atom is 0.354 e. The molecule has 1 aromatic carbocycles. The fraction of sp³-hybridized carbons (Fsp3) is 0.348. The molecule has 2 aromatic rings. The van der Waals surface area contributed by atoms with Gasteiger partial charge in [-0.25, -0.2) is 4.79 Å². The summed E-state index contributed by atoms with van der Waals surface area (Å²) < 4.78 is 13.2. The minimum absolute atomic E-state index is 0.0849. The zero-order valence-electron chi connectivity index (χ0n) is 17.4. The SMILES string of the molecule is CC(=O)Nc1ccc(OC(=O)/C(C#N)=C/c2cc(C)n(CC3CCCO3)c2C)cc1. The van der Waals surface area contributed by atoms with Crippen LogP contribution in [0.2, 0.25) is 0 Å². The summed E-state index contributed by atoms with van der Waals surface area (Å²) in [6.45, 7) is 6.94. The van der Waals surface area contributed by atoms with Gasteiger partial charge in [0.1, 0.15) is 17.4 Å². The van der Waals surface area contributed by atoms with Crippen molar-refractivity contribution in [2.45, 2.75) is 46.3 Å². The first kappa shape index (κ1) is 21.3. The third kappa shape index (κ3) is 5.16. The molecule has 1 aliphatic heterocycles. The molecule has 0 aliphatic carbocycles. The van der Waals surface area contributed by atoms with Gasteiger partial charge in [0, 0.05) is 37.2 Å². The van der Waals surface area contributed by atoms with Crippen molar-refractivity contribution >= 4 is 23.6 Å². The average Bonchev–Trinajstić information content (AvgIpc) is 3.31. The average molecular weight is 407 g/mol. The van der Waals surface area contributed by atoms with E-state index in [1.807, 2.05) is 26.0 Å². The molecule has 0 spiro atoms. The lowest BCUT2D eigenvalue weighted by Gasteiger charge is -2.14. The number of nitriles is 1. The summed E-state index contributed by atoms with van der Waals surface area (Å²) in [4.78, 5) is 23.6. The molecular formula is C23H25N3O4. The summed E-state index contributed by atoms with van der Waals surface area (Å²) in [5, 5.41) is 12.1. The number of anilines is 1. The second kappa shape index (κ2) is 9.42. The van der Waals surface area contributed by atoms with Gasteiger partial charge in [-0.1, -0.05) is 0 Å². The van der Waals surface area contributed by atoms with Gasteiger partial charge in [-0.3, -0.25) is 4.79 Å². The van der Waals surface area contributed by atoms with Crippen molar-refractivity contribution in [2.75, 3.05) is 11.9 Å². The number of benzene rings is 1. The van der Waals surface area contributed by atoms with Gasteiger partial charge in [-0.15, -0.1) is 0 Å². The lowest BCUT2D eigenvalue weighted by molar-refractivity contribution is -0.129. The number of carbonyl (C=O) groups is 2. The zero-order valence-corrected chi connectivity index (χ0v) is 17.4. The smallest absolute Gasteiger partial charge is 0.354 e. The number of esters is 1. The Bertz CT molecular complexity index is 1010. The molecule has 3 rings (SSSR count). The normalized spacial score (nSPS) is 16.2. The van der Waals surface area contributed by atoms with Gasteiger partial charge in [-0.2, -0.15) is 5.26 Å². The van der Waals surface area contributed by atoms with E-state index in [1.54, 1.807) is 30.3 Å². The summed E-state index contributed by atoms with van der Waals surface area (Å²) in [7, 11) is 0. The highest BCUT2D eigenvalue weighted by atomic mass is 16.5. The van der Waals surface area contributed by atoms with Gasteiger partial charge in [0.15, 0.2) is 0 Å². The minimum atomic E-state index is -0.728. The third-order valence-corrected chi connectivity index (χ3v) is 5.05. The van der Waals surface area contributed by atoms with Crippen molar-refractivity contribution in [3.05, 3.63) is 52.9 Å². The van der Waals surface area contributed by atoms with Crippen LogP contribution in [0.4, 0.5) is 5.69 Å². The molecule has 0 saturated carbocycles. The second-order valence-electron chi connectivity index (χ2n) is 7.34. The quantitative estimate of drug-likeness (QED) is 0.341. The van der Waals surface area contributed by atoms with Crippen LogP contribution in [0, 0.1) is 25.2 Å². The molecule has 7 heteroatoms. The first-order chi connectivity index (χ1) is 14.4. The lowest BCUT2D eigenvalue weighted by Crippen LogP contribution is -2.16. The predicted molar refractivity (Wildman–Crippen MR) is 113 cm³/mol. The van der Waals surface area contributed by atoms with E-state index in [0.717, 1.165) is 42.9 Å². The molecule has 2 heterocycles. The number of nitrogens with one attached hydrogen (secondary N) is 1. The molecule has 1 N–H and O–H groups in total. The largest absolute Gasteiger partial charge is 0.422 e. The van der Waals surface area contributed by atoms with Crippen LogP contribution in [-0.2, 0) is 20.9 Å². The van der Waals surface area contributed by atoms with Gasteiger partial charge >= 0.3 is 5.97 Å². The van der Waals surface area contributed by atoms with E-state index in [1.165, 1.54) is 6.92 Å². The summed E-state index contributed by atoms with van der Waals surface area (Å²) in [6.07, 6.45) is 3.88. The predicted octanol–water partition coefficient (Wildman–Crippen LogP) is 3.75. The van der Waals surface area contributed by atoms with Gasteiger partial charge < -0.3 is 19.4 Å². The molecule has 1 amide bonds. The van der Waals surface area contributed by atoms with Crippen LogP contribution >= 0.6 is 0 Å². The molecule has 1 aromatic heterocycles. The third-order valence-electron chi connectivity index (χ3n) is 5.05. The Balaban J connectivity index is 1.74.